The Morgan fingerprint density at radius 2 is 1.96 bits per heavy atom. The third kappa shape index (κ3) is 5.24. The number of nitrogens with one attached hydrogen (secondary N) is 1. The average molecular weight is 381 g/mol. The molecule has 0 radical (unpaired) electrons. The Hall–Kier alpha value is -2.02. The van der Waals surface area contributed by atoms with Gasteiger partial charge in [0.1, 0.15) is 11.5 Å². The summed E-state index contributed by atoms with van der Waals surface area (Å²) in [6.07, 6.45) is 1.66. The zero-order chi connectivity index (χ0) is 17.5. The largest absolute Gasteiger partial charge is 0.494 e. The molecule has 1 fully saturated rings. The number of nitrogens with zero attached hydrogens (tertiary/aromatic N) is 1. The lowest BCUT2D eigenvalue weighted by Crippen LogP contribution is -2.43. The highest BCUT2D eigenvalue weighted by Gasteiger charge is 2.25. The van der Waals surface area contributed by atoms with Crippen LogP contribution in [0.25, 0.3) is 0 Å². The number of carbonyl (C=O) groups is 1. The third-order valence-corrected chi connectivity index (χ3v) is 4.24. The summed E-state index contributed by atoms with van der Waals surface area (Å²) in [6.45, 7) is 6.07. The number of halogens is 1. The number of carbonyl (C=O) groups excluding carboxylic acids is 1. The molecule has 0 bridgehead atoms. The Morgan fingerprint density at radius 1 is 1.23 bits per heavy atom. The standard InChI is InChI=1S/C19H24N2O4.ClH/c1-2-24-16-7-5-15(6-8-16)19(22)20-14-17(18-4-3-11-25-18)21-9-12-23-13-10-21;/h3-8,11,17H,2,9-10,12-14H2,1H3,(H,20,22);1H. The molecule has 3 rings (SSSR count). The van der Waals surface area contributed by atoms with Gasteiger partial charge in [0.2, 0.25) is 0 Å². The predicted octanol–water partition coefficient (Wildman–Crippen LogP) is 2.90. The lowest BCUT2D eigenvalue weighted by Gasteiger charge is -2.33. The molecule has 26 heavy (non-hydrogen) atoms. The first kappa shape index (κ1) is 20.3. The van der Waals surface area contributed by atoms with Crippen molar-refractivity contribution in [1.82, 2.24) is 10.2 Å². The van der Waals surface area contributed by atoms with Crippen LogP contribution in [-0.4, -0.2) is 50.3 Å². The predicted molar refractivity (Wildman–Crippen MR) is 101 cm³/mol. The molecule has 1 aliphatic heterocycles. The van der Waals surface area contributed by atoms with Crippen LogP contribution in [0.3, 0.4) is 0 Å². The summed E-state index contributed by atoms with van der Waals surface area (Å²) in [5.41, 5.74) is 0.614. The molecule has 1 saturated heterocycles. The molecule has 6 nitrogen and oxygen atoms in total. The Bertz CT molecular complexity index is 655. The smallest absolute Gasteiger partial charge is 0.251 e. The molecule has 1 aliphatic rings. The summed E-state index contributed by atoms with van der Waals surface area (Å²) >= 11 is 0. The number of morpholine rings is 1. The van der Waals surface area contributed by atoms with Gasteiger partial charge in [0.15, 0.2) is 0 Å². The van der Waals surface area contributed by atoms with Crippen LogP contribution in [0.2, 0.25) is 0 Å². The number of hydrogen-bond donors (Lipinski definition) is 1. The van der Waals surface area contributed by atoms with E-state index in [1.165, 1.54) is 0 Å². The number of furan rings is 1. The zero-order valence-corrected chi connectivity index (χ0v) is 15.7. The van der Waals surface area contributed by atoms with Gasteiger partial charge in [-0.1, -0.05) is 0 Å². The van der Waals surface area contributed by atoms with Gasteiger partial charge in [-0.2, -0.15) is 0 Å². The summed E-state index contributed by atoms with van der Waals surface area (Å²) in [7, 11) is 0. The average Bonchev–Trinajstić information content (AvgIpc) is 3.18. The van der Waals surface area contributed by atoms with E-state index in [4.69, 9.17) is 13.9 Å². The Labute approximate surface area is 159 Å². The Kier molecular flexibility index (Phi) is 7.97. The SMILES string of the molecule is CCOc1ccc(C(=O)NCC(c2ccco2)N2CCOCC2)cc1.Cl. The van der Waals surface area contributed by atoms with Crippen LogP contribution in [0.5, 0.6) is 5.75 Å². The van der Waals surface area contributed by atoms with Crippen molar-refractivity contribution in [2.24, 2.45) is 0 Å². The summed E-state index contributed by atoms with van der Waals surface area (Å²) in [4.78, 5) is 14.7. The van der Waals surface area contributed by atoms with E-state index in [1.807, 2.05) is 31.2 Å². The first-order chi connectivity index (χ1) is 12.3. The number of rotatable bonds is 7. The monoisotopic (exact) mass is 380 g/mol. The highest BCUT2D eigenvalue weighted by molar-refractivity contribution is 5.94. The van der Waals surface area contributed by atoms with Crippen molar-refractivity contribution >= 4 is 18.3 Å². The van der Waals surface area contributed by atoms with Crippen LogP contribution in [0.4, 0.5) is 0 Å². The molecule has 2 aromatic rings. The van der Waals surface area contributed by atoms with E-state index in [2.05, 4.69) is 10.2 Å². The van der Waals surface area contributed by atoms with E-state index in [9.17, 15) is 4.79 Å². The fourth-order valence-corrected chi connectivity index (χ4v) is 2.94. The van der Waals surface area contributed by atoms with Crippen LogP contribution in [0.15, 0.2) is 47.1 Å². The van der Waals surface area contributed by atoms with Gasteiger partial charge in [-0.05, 0) is 43.3 Å². The number of ether oxygens (including phenoxy) is 2. The van der Waals surface area contributed by atoms with Gasteiger partial charge in [-0.25, -0.2) is 0 Å². The molecule has 1 N–H and O–H groups in total. The lowest BCUT2D eigenvalue weighted by atomic mass is 10.1. The second kappa shape index (κ2) is 10.2. The van der Waals surface area contributed by atoms with E-state index in [0.29, 0.717) is 31.9 Å². The van der Waals surface area contributed by atoms with Crippen LogP contribution in [0.1, 0.15) is 29.1 Å². The first-order valence-corrected chi connectivity index (χ1v) is 8.64. The first-order valence-electron chi connectivity index (χ1n) is 8.64. The van der Waals surface area contributed by atoms with Crippen LogP contribution < -0.4 is 10.1 Å². The Balaban J connectivity index is 0.00000243. The zero-order valence-electron chi connectivity index (χ0n) is 14.8. The van der Waals surface area contributed by atoms with Gasteiger partial charge in [-0.3, -0.25) is 9.69 Å². The van der Waals surface area contributed by atoms with Crippen molar-refractivity contribution in [2.75, 3.05) is 39.5 Å². The molecule has 1 unspecified atom stereocenters. The molecule has 1 amide bonds. The van der Waals surface area contributed by atoms with Gasteiger partial charge >= 0.3 is 0 Å². The number of amides is 1. The fourth-order valence-electron chi connectivity index (χ4n) is 2.94. The van der Waals surface area contributed by atoms with Gasteiger partial charge in [0.25, 0.3) is 5.91 Å². The number of benzene rings is 1. The highest BCUT2D eigenvalue weighted by atomic mass is 35.5. The topological polar surface area (TPSA) is 63.9 Å². The van der Waals surface area contributed by atoms with Gasteiger partial charge in [0.05, 0.1) is 32.1 Å². The normalized spacial score (nSPS) is 15.7. The quantitative estimate of drug-likeness (QED) is 0.800. The Morgan fingerprint density at radius 3 is 2.58 bits per heavy atom. The molecule has 1 aromatic carbocycles. The number of hydrogen-bond acceptors (Lipinski definition) is 5. The molecule has 142 valence electrons. The van der Waals surface area contributed by atoms with E-state index < -0.39 is 0 Å². The lowest BCUT2D eigenvalue weighted by molar-refractivity contribution is 0.0118. The van der Waals surface area contributed by atoms with Crippen molar-refractivity contribution in [3.63, 3.8) is 0 Å². The minimum atomic E-state index is -0.104. The fraction of sp³-hybridized carbons (Fsp3) is 0.421. The van der Waals surface area contributed by atoms with E-state index in [0.717, 1.165) is 24.6 Å². The molecule has 0 aliphatic carbocycles. The molecule has 0 spiro atoms. The summed E-state index contributed by atoms with van der Waals surface area (Å²) < 4.78 is 16.4. The molecule has 0 saturated carbocycles. The van der Waals surface area contributed by atoms with Crippen molar-refractivity contribution in [3.8, 4) is 5.75 Å². The van der Waals surface area contributed by atoms with E-state index in [-0.39, 0.29) is 24.4 Å². The maximum Gasteiger partial charge on any atom is 0.251 e. The maximum absolute atomic E-state index is 12.4. The van der Waals surface area contributed by atoms with E-state index >= 15 is 0 Å². The molecule has 2 heterocycles. The molecular formula is C19H25ClN2O4. The molecule has 1 aromatic heterocycles. The van der Waals surface area contributed by atoms with Crippen molar-refractivity contribution in [3.05, 3.63) is 54.0 Å². The third-order valence-electron chi connectivity index (χ3n) is 4.24. The van der Waals surface area contributed by atoms with Gasteiger partial charge in [0, 0.05) is 25.2 Å². The van der Waals surface area contributed by atoms with Crippen molar-refractivity contribution in [2.45, 2.75) is 13.0 Å². The maximum atomic E-state index is 12.4. The van der Waals surface area contributed by atoms with Crippen LogP contribution >= 0.6 is 12.4 Å². The molecule has 1 atom stereocenters. The van der Waals surface area contributed by atoms with Crippen molar-refractivity contribution < 1.29 is 18.7 Å². The summed E-state index contributed by atoms with van der Waals surface area (Å²) in [5.74, 6) is 1.52. The molecule has 7 heteroatoms. The van der Waals surface area contributed by atoms with Crippen LogP contribution in [0, 0.1) is 0 Å². The van der Waals surface area contributed by atoms with Crippen LogP contribution in [-0.2, 0) is 4.74 Å². The van der Waals surface area contributed by atoms with Gasteiger partial charge < -0.3 is 19.2 Å². The molecular weight excluding hydrogens is 356 g/mol. The van der Waals surface area contributed by atoms with Gasteiger partial charge in [-0.15, -0.1) is 12.4 Å². The summed E-state index contributed by atoms with van der Waals surface area (Å²) in [5, 5.41) is 3.01. The van der Waals surface area contributed by atoms with Crippen molar-refractivity contribution in [1.29, 1.82) is 0 Å². The van der Waals surface area contributed by atoms with E-state index in [1.54, 1.807) is 18.4 Å². The highest BCUT2D eigenvalue weighted by Crippen LogP contribution is 2.22. The second-order valence-electron chi connectivity index (χ2n) is 5.85. The second-order valence-corrected chi connectivity index (χ2v) is 5.85. The summed E-state index contributed by atoms with van der Waals surface area (Å²) in [6, 6.07) is 11.0. The minimum Gasteiger partial charge on any atom is -0.494 e. The minimum absolute atomic E-state index is 0.